The molecule has 1 aliphatic carbocycles. The van der Waals surface area contributed by atoms with Crippen LogP contribution >= 0.6 is 12.4 Å². The Morgan fingerprint density at radius 1 is 1.19 bits per heavy atom. The molecule has 0 bridgehead atoms. The first-order valence-electron chi connectivity index (χ1n) is 9.85. The van der Waals surface area contributed by atoms with Crippen molar-refractivity contribution in [3.8, 4) is 0 Å². The number of carbonyl (C=O) groups is 2. The van der Waals surface area contributed by atoms with E-state index in [2.05, 4.69) is 47.6 Å². The van der Waals surface area contributed by atoms with E-state index in [-0.39, 0.29) is 35.7 Å². The van der Waals surface area contributed by atoms with Crippen LogP contribution in [0.25, 0.3) is 5.65 Å². The fraction of sp³-hybridized carbons (Fsp3) is 0.368. The predicted molar refractivity (Wildman–Crippen MR) is 116 cm³/mol. The quantitative estimate of drug-likeness (QED) is 0.444. The largest absolute Gasteiger partial charge is 0.354 e. The lowest BCUT2D eigenvalue weighted by Gasteiger charge is -2.27. The third kappa shape index (κ3) is 4.28. The fourth-order valence-electron chi connectivity index (χ4n) is 3.25. The number of anilines is 3. The van der Waals surface area contributed by atoms with Gasteiger partial charge in [-0.25, -0.2) is 4.52 Å². The van der Waals surface area contributed by atoms with Gasteiger partial charge in [-0.05, 0) is 24.5 Å². The van der Waals surface area contributed by atoms with Crippen molar-refractivity contribution < 1.29 is 9.59 Å². The smallest absolute Gasteiger partial charge is 0.273 e. The van der Waals surface area contributed by atoms with Crippen molar-refractivity contribution in [1.82, 2.24) is 35.4 Å². The van der Waals surface area contributed by atoms with Gasteiger partial charge in [0, 0.05) is 44.2 Å². The van der Waals surface area contributed by atoms with E-state index in [1.165, 1.54) is 12.6 Å². The molecule has 3 aromatic heterocycles. The van der Waals surface area contributed by atoms with Crippen molar-refractivity contribution in [2.45, 2.75) is 18.8 Å². The average molecular weight is 444 g/mol. The highest BCUT2D eigenvalue weighted by atomic mass is 35.5. The molecule has 4 heterocycles. The first kappa shape index (κ1) is 20.9. The number of carbonyl (C=O) groups excluding carboxylic acids is 2. The Morgan fingerprint density at radius 3 is 2.68 bits per heavy atom. The lowest BCUT2D eigenvalue weighted by molar-refractivity contribution is -0.117. The Balaban J connectivity index is 0.00000231. The normalized spacial score (nSPS) is 15.6. The highest BCUT2D eigenvalue weighted by Gasteiger charge is 2.30. The number of pyridine rings is 1. The third-order valence-electron chi connectivity index (χ3n) is 5.29. The molecule has 1 aliphatic heterocycles. The summed E-state index contributed by atoms with van der Waals surface area (Å²) in [6, 6.07) is 5.53. The van der Waals surface area contributed by atoms with Gasteiger partial charge >= 0.3 is 0 Å². The number of nitrogens with zero attached hydrogens (tertiary/aromatic N) is 5. The first-order valence-corrected chi connectivity index (χ1v) is 9.85. The number of hydrogen-bond acceptors (Lipinski definition) is 8. The van der Waals surface area contributed by atoms with Gasteiger partial charge in [-0.1, -0.05) is 6.07 Å². The summed E-state index contributed by atoms with van der Waals surface area (Å²) in [6.45, 7) is 1.91. The minimum atomic E-state index is -0.409. The lowest BCUT2D eigenvalue weighted by atomic mass is 9.95. The van der Waals surface area contributed by atoms with Crippen LogP contribution in [0.3, 0.4) is 0 Å². The summed E-state index contributed by atoms with van der Waals surface area (Å²) < 4.78 is 1.71. The van der Waals surface area contributed by atoms with E-state index in [0.717, 1.165) is 25.9 Å². The van der Waals surface area contributed by atoms with Crippen LogP contribution in [0.1, 0.15) is 34.8 Å². The van der Waals surface area contributed by atoms with Crippen molar-refractivity contribution >= 4 is 47.3 Å². The van der Waals surface area contributed by atoms with Crippen molar-refractivity contribution in [2.24, 2.45) is 5.92 Å². The minimum absolute atomic E-state index is 0. The van der Waals surface area contributed by atoms with E-state index < -0.39 is 5.91 Å². The van der Waals surface area contributed by atoms with Crippen LogP contribution in [0.15, 0.2) is 24.4 Å². The summed E-state index contributed by atoms with van der Waals surface area (Å²) in [7, 11) is 1.51. The average Bonchev–Trinajstić information content (AvgIpc) is 3.47. The number of rotatable bonds is 6. The molecule has 1 saturated carbocycles. The predicted octanol–water partition coefficient (Wildman–Crippen LogP) is 1.08. The summed E-state index contributed by atoms with van der Waals surface area (Å²) in [5, 5.41) is 24.0. The summed E-state index contributed by atoms with van der Waals surface area (Å²) in [4.78, 5) is 28.7. The molecule has 12 heteroatoms. The van der Waals surface area contributed by atoms with E-state index in [4.69, 9.17) is 0 Å². The second-order valence-corrected chi connectivity index (χ2v) is 7.52. The second kappa shape index (κ2) is 8.44. The van der Waals surface area contributed by atoms with Crippen LogP contribution in [0, 0.1) is 5.92 Å². The summed E-state index contributed by atoms with van der Waals surface area (Å²) >= 11 is 0. The number of aromatic nitrogens is 5. The van der Waals surface area contributed by atoms with Crippen LogP contribution in [0.4, 0.5) is 17.5 Å². The van der Waals surface area contributed by atoms with Gasteiger partial charge in [-0.15, -0.1) is 27.7 Å². The van der Waals surface area contributed by atoms with E-state index >= 15 is 0 Å². The Morgan fingerprint density at radius 2 is 2.00 bits per heavy atom. The molecule has 31 heavy (non-hydrogen) atoms. The molecule has 5 rings (SSSR count). The van der Waals surface area contributed by atoms with E-state index in [1.807, 2.05) is 12.3 Å². The zero-order valence-corrected chi connectivity index (χ0v) is 17.6. The maximum atomic E-state index is 12.2. The number of nitrogens with one attached hydrogen (secondary N) is 4. The van der Waals surface area contributed by atoms with Crippen LogP contribution in [-0.4, -0.2) is 56.7 Å². The summed E-state index contributed by atoms with van der Waals surface area (Å²) in [5.74, 6) is 0.599. The molecule has 0 atom stereocenters. The third-order valence-corrected chi connectivity index (χ3v) is 5.29. The molecule has 162 valence electrons. The highest BCUT2D eigenvalue weighted by Crippen LogP contribution is 2.30. The maximum Gasteiger partial charge on any atom is 0.273 e. The zero-order valence-electron chi connectivity index (χ0n) is 16.8. The van der Waals surface area contributed by atoms with Gasteiger partial charge < -0.3 is 21.3 Å². The minimum Gasteiger partial charge on any atom is -0.354 e. The second-order valence-electron chi connectivity index (χ2n) is 7.52. The lowest BCUT2D eigenvalue weighted by Crippen LogP contribution is -2.39. The van der Waals surface area contributed by atoms with E-state index in [1.54, 1.807) is 10.6 Å². The SMILES string of the molecule is CNC(=O)c1nnc(NC(=O)C2CC2)cc1Nc1nc2ccc(C3CNC3)cn2n1.Cl. The van der Waals surface area contributed by atoms with Crippen molar-refractivity contribution in [1.29, 1.82) is 0 Å². The van der Waals surface area contributed by atoms with E-state index in [9.17, 15) is 9.59 Å². The molecule has 0 aromatic carbocycles. The first-order chi connectivity index (χ1) is 14.6. The number of fused-ring (bicyclic) bond motifs is 1. The Hall–Kier alpha value is -3.31. The zero-order chi connectivity index (χ0) is 20.7. The molecule has 0 radical (unpaired) electrons. The van der Waals surface area contributed by atoms with Gasteiger partial charge in [0.15, 0.2) is 17.2 Å². The topological polar surface area (TPSA) is 138 Å². The molecule has 3 aromatic rings. The maximum absolute atomic E-state index is 12.2. The molecule has 2 aliphatic rings. The van der Waals surface area contributed by atoms with Crippen molar-refractivity contribution in [2.75, 3.05) is 30.8 Å². The monoisotopic (exact) mass is 443 g/mol. The Labute approximate surface area is 183 Å². The van der Waals surface area contributed by atoms with Gasteiger partial charge in [-0.3, -0.25) is 9.59 Å². The van der Waals surface area contributed by atoms with Crippen molar-refractivity contribution in [3.05, 3.63) is 35.7 Å². The van der Waals surface area contributed by atoms with Crippen molar-refractivity contribution in [3.63, 3.8) is 0 Å². The van der Waals surface area contributed by atoms with Gasteiger partial charge in [0.05, 0.1) is 5.69 Å². The molecular formula is C19H22ClN9O2. The Bertz CT molecular complexity index is 1140. The van der Waals surface area contributed by atoms with Crippen LogP contribution < -0.4 is 21.3 Å². The van der Waals surface area contributed by atoms with Gasteiger partial charge in [0.2, 0.25) is 11.9 Å². The molecule has 2 fully saturated rings. The molecule has 0 spiro atoms. The molecule has 0 unspecified atom stereocenters. The Kier molecular flexibility index (Phi) is 5.70. The molecule has 11 nitrogen and oxygen atoms in total. The molecule has 2 amide bonds. The van der Waals surface area contributed by atoms with Gasteiger partial charge in [-0.2, -0.15) is 4.98 Å². The number of amides is 2. The standard InChI is InChI=1S/C19H21N9O2.ClH/c1-20-18(30)16-13(6-14(25-26-16)23-17(29)10-2-3-10)22-19-24-15-5-4-11(9-28(15)27-19)12-7-21-8-12;/h4-6,9-10,12,21H,2-3,7-8H2,1H3,(H,20,30)(H2,22,23,25,27,29);1H. The van der Waals surface area contributed by atoms with Crippen LogP contribution in [0.5, 0.6) is 0 Å². The van der Waals surface area contributed by atoms with E-state index in [0.29, 0.717) is 23.2 Å². The number of hydrogen-bond donors (Lipinski definition) is 4. The van der Waals surface area contributed by atoms with Gasteiger partial charge in [0.1, 0.15) is 0 Å². The molecular weight excluding hydrogens is 422 g/mol. The van der Waals surface area contributed by atoms with Crippen LogP contribution in [-0.2, 0) is 4.79 Å². The number of halogens is 1. The highest BCUT2D eigenvalue weighted by molar-refractivity contribution is 5.99. The summed E-state index contributed by atoms with van der Waals surface area (Å²) in [5.41, 5.74) is 2.32. The van der Waals surface area contributed by atoms with Gasteiger partial charge in [0.25, 0.3) is 5.91 Å². The van der Waals surface area contributed by atoms with Crippen LogP contribution in [0.2, 0.25) is 0 Å². The molecule has 4 N–H and O–H groups in total. The fourth-order valence-corrected chi connectivity index (χ4v) is 3.25. The molecule has 1 saturated heterocycles. The summed E-state index contributed by atoms with van der Waals surface area (Å²) in [6.07, 6.45) is 3.72.